The second-order valence-corrected chi connectivity index (χ2v) is 16.2. The van der Waals surface area contributed by atoms with E-state index in [0.717, 1.165) is 78.1 Å². The molecule has 3 atom stereocenters. The van der Waals surface area contributed by atoms with Gasteiger partial charge in [0.15, 0.2) is 17.2 Å². The third-order valence-corrected chi connectivity index (χ3v) is 12.5. The number of aryl methyl sites for hydroxylation is 1. The van der Waals surface area contributed by atoms with Crippen LogP contribution < -0.4 is 5.69 Å². The summed E-state index contributed by atoms with van der Waals surface area (Å²) in [5.74, 6) is 0.108. The summed E-state index contributed by atoms with van der Waals surface area (Å²) in [4.78, 5) is 51.8. The van der Waals surface area contributed by atoms with Crippen molar-refractivity contribution in [2.45, 2.75) is 109 Å². The van der Waals surface area contributed by atoms with Crippen LogP contribution in [0.2, 0.25) is 0 Å². The van der Waals surface area contributed by atoms with Crippen LogP contribution in [0.3, 0.4) is 0 Å². The van der Waals surface area contributed by atoms with Gasteiger partial charge in [-0.3, -0.25) is 29.2 Å². The van der Waals surface area contributed by atoms with Crippen LogP contribution >= 0.6 is 0 Å². The van der Waals surface area contributed by atoms with Gasteiger partial charge in [-0.25, -0.2) is 9.78 Å². The molecule has 0 amide bonds. The molecule has 3 saturated carbocycles. The normalized spacial score (nSPS) is 23.6. The lowest BCUT2D eigenvalue weighted by molar-refractivity contribution is -0.117. The number of imidazole rings is 1. The number of rotatable bonds is 9. The lowest BCUT2D eigenvalue weighted by Gasteiger charge is -2.38. The van der Waals surface area contributed by atoms with Gasteiger partial charge < -0.3 is 0 Å². The highest BCUT2D eigenvalue weighted by Crippen LogP contribution is 2.50. The Hall–Kier alpha value is -5.18. The number of nitrogens with zero attached hydrogens (tertiary/aromatic N) is 4. The summed E-state index contributed by atoms with van der Waals surface area (Å²) in [6.45, 7) is 2.06. The monoisotopic (exact) mass is 722 g/mol. The number of ketones is 2. The quantitative estimate of drug-likeness (QED) is 0.146. The number of pyridine rings is 2. The van der Waals surface area contributed by atoms with Gasteiger partial charge in [0, 0.05) is 35.9 Å². The number of hydrogen-bond donors (Lipinski definition) is 2. The summed E-state index contributed by atoms with van der Waals surface area (Å²) < 4.78 is 1.82. The highest BCUT2D eigenvalue weighted by Gasteiger charge is 2.36. The molecule has 2 unspecified atom stereocenters. The smallest absolute Gasteiger partial charge is 0.294 e. The minimum absolute atomic E-state index is 0.0593. The van der Waals surface area contributed by atoms with Crippen LogP contribution in [0.4, 0.5) is 0 Å². The topological polar surface area (TPSA) is 126 Å². The number of aromatic amines is 2. The first kappa shape index (κ1) is 35.8. The van der Waals surface area contributed by atoms with Crippen LogP contribution in [0.15, 0.2) is 101 Å². The molecule has 0 aliphatic heterocycles. The van der Waals surface area contributed by atoms with Crippen LogP contribution in [0.5, 0.6) is 0 Å². The Labute approximate surface area is 316 Å². The predicted octanol–water partition coefficient (Wildman–Crippen LogP) is 9.13. The molecule has 1 aromatic carbocycles. The second-order valence-electron chi connectivity index (χ2n) is 16.2. The number of H-pyrrole nitrogens is 2. The molecule has 2 N–H and O–H groups in total. The molecule has 4 aromatic heterocycles. The number of carbonyl (C=O) groups excluding carboxylic acids is 2. The van der Waals surface area contributed by atoms with Gasteiger partial charge in [-0.05, 0) is 167 Å². The van der Waals surface area contributed by atoms with Crippen LogP contribution in [-0.2, 0) is 16.0 Å². The van der Waals surface area contributed by atoms with E-state index in [0.29, 0.717) is 18.0 Å². The van der Waals surface area contributed by atoms with Gasteiger partial charge in [-0.2, -0.15) is 5.10 Å². The highest BCUT2D eigenvalue weighted by molar-refractivity contribution is 6.01. The standard InChI is InChI=1S/C45H50N6O3/c1-30-23-33(25-37-29-48-50-42(30)37)24-36(10-13-39(52)26-31-8-11-38(12-9-31)51-40-7-4-20-47-43(40)49-44(51)54)41(53)27-32-5-2-17-45(28-32)18-3-6-34(14-19-45)35-15-21-46-22-16-35/h4,7,10,13,15-16,20-23,25-27,29,34,36,38H,2-3,5-6,8-9,11-12,14,17-19,24,28H2,1H3,(H,48,50)(H,47,49,54)/b13-10+,31-26?,32-27-/t34?,36-,38?,45?/m1/s1. The van der Waals surface area contributed by atoms with Crippen LogP contribution in [-0.4, -0.2) is 41.3 Å². The molecule has 9 heteroatoms. The Kier molecular flexibility index (Phi) is 10.4. The zero-order valence-corrected chi connectivity index (χ0v) is 31.2. The van der Waals surface area contributed by atoms with E-state index in [4.69, 9.17) is 0 Å². The van der Waals surface area contributed by atoms with Gasteiger partial charge in [-0.1, -0.05) is 29.7 Å². The Morgan fingerprint density at radius 3 is 2.65 bits per heavy atom. The first-order chi connectivity index (χ1) is 26.3. The number of hydrogen-bond acceptors (Lipinski definition) is 6. The zero-order valence-electron chi connectivity index (χ0n) is 31.2. The highest BCUT2D eigenvalue weighted by atomic mass is 16.1. The fourth-order valence-electron chi connectivity index (χ4n) is 9.75. The number of aromatic nitrogens is 6. The number of fused-ring (bicyclic) bond motifs is 2. The van der Waals surface area contributed by atoms with E-state index in [1.54, 1.807) is 18.3 Å². The molecule has 1 spiro atoms. The Morgan fingerprint density at radius 2 is 1.80 bits per heavy atom. The Bertz CT molecular complexity index is 2300. The summed E-state index contributed by atoms with van der Waals surface area (Å²) in [7, 11) is 0. The third kappa shape index (κ3) is 7.86. The third-order valence-electron chi connectivity index (χ3n) is 12.5. The summed E-state index contributed by atoms with van der Waals surface area (Å²) in [6.07, 6.45) is 28.3. The maximum Gasteiger partial charge on any atom is 0.327 e. The van der Waals surface area contributed by atoms with Crippen molar-refractivity contribution in [2.24, 2.45) is 11.3 Å². The van der Waals surface area contributed by atoms with Crippen molar-refractivity contribution in [2.75, 3.05) is 0 Å². The largest absolute Gasteiger partial charge is 0.327 e. The number of benzene rings is 1. The fourth-order valence-corrected chi connectivity index (χ4v) is 9.75. The molecule has 0 radical (unpaired) electrons. The van der Waals surface area contributed by atoms with E-state index < -0.39 is 5.92 Å². The van der Waals surface area contributed by atoms with Gasteiger partial charge in [0.25, 0.3) is 0 Å². The maximum absolute atomic E-state index is 14.2. The van der Waals surface area contributed by atoms with Crippen molar-refractivity contribution in [3.8, 4) is 0 Å². The minimum atomic E-state index is -0.454. The Morgan fingerprint density at radius 1 is 0.963 bits per heavy atom. The summed E-state index contributed by atoms with van der Waals surface area (Å²) in [5, 5.41) is 8.32. The van der Waals surface area contributed by atoms with Crippen molar-refractivity contribution in [3.05, 3.63) is 124 Å². The second kappa shape index (κ2) is 15.7. The molecule has 3 aliphatic rings. The van der Waals surface area contributed by atoms with Gasteiger partial charge >= 0.3 is 5.69 Å². The average molecular weight is 723 g/mol. The Balaban J connectivity index is 0.974. The molecule has 5 aromatic rings. The number of nitrogens with one attached hydrogen (secondary N) is 2. The van der Waals surface area contributed by atoms with Gasteiger partial charge in [0.05, 0.1) is 17.2 Å². The fraction of sp³-hybridized carbons (Fsp3) is 0.422. The van der Waals surface area contributed by atoms with E-state index in [-0.39, 0.29) is 28.7 Å². The molecule has 8 rings (SSSR count). The molecule has 9 nitrogen and oxygen atoms in total. The molecule has 54 heavy (non-hydrogen) atoms. The minimum Gasteiger partial charge on any atom is -0.294 e. The van der Waals surface area contributed by atoms with E-state index in [9.17, 15) is 14.4 Å². The SMILES string of the molecule is Cc1cc(C[C@@H](/C=C/C(=O)C=C2CCC(n3c(=O)[nH]c4ncccc43)CC2)C(=O)/C=C2/CCCC3(CCCC(c4ccncc4)CC3)C2)cc2cn[nH]c12. The molecule has 0 bridgehead atoms. The van der Waals surface area contributed by atoms with E-state index in [2.05, 4.69) is 56.3 Å². The van der Waals surface area contributed by atoms with Crippen LogP contribution in [0.1, 0.15) is 112 Å². The average Bonchev–Trinajstić information content (AvgIpc) is 3.73. The lowest BCUT2D eigenvalue weighted by Crippen LogP contribution is -2.25. The summed E-state index contributed by atoms with van der Waals surface area (Å²) >= 11 is 0. The van der Waals surface area contributed by atoms with Gasteiger partial charge in [-0.15, -0.1) is 0 Å². The first-order valence-corrected chi connectivity index (χ1v) is 19.9. The molecule has 0 saturated heterocycles. The summed E-state index contributed by atoms with van der Waals surface area (Å²) in [6, 6.07) is 12.4. The van der Waals surface area contributed by atoms with Crippen molar-refractivity contribution < 1.29 is 9.59 Å². The van der Waals surface area contributed by atoms with Crippen molar-refractivity contribution in [1.29, 1.82) is 0 Å². The maximum atomic E-state index is 14.2. The van der Waals surface area contributed by atoms with Crippen molar-refractivity contribution in [3.63, 3.8) is 0 Å². The van der Waals surface area contributed by atoms with Gasteiger partial charge in [0.1, 0.15) is 0 Å². The van der Waals surface area contributed by atoms with Crippen molar-refractivity contribution >= 4 is 33.6 Å². The molecular weight excluding hydrogens is 673 g/mol. The number of allylic oxidation sites excluding steroid dienone is 6. The van der Waals surface area contributed by atoms with Crippen LogP contribution in [0, 0.1) is 18.3 Å². The molecule has 4 heterocycles. The number of carbonyl (C=O) groups is 2. The first-order valence-electron chi connectivity index (χ1n) is 19.9. The summed E-state index contributed by atoms with van der Waals surface area (Å²) in [5.41, 5.74) is 8.45. The molecule has 278 valence electrons. The van der Waals surface area contributed by atoms with Crippen molar-refractivity contribution in [1.82, 2.24) is 29.7 Å². The molecule has 3 aliphatic carbocycles. The van der Waals surface area contributed by atoms with E-state index in [1.807, 2.05) is 47.4 Å². The zero-order chi connectivity index (χ0) is 37.1. The van der Waals surface area contributed by atoms with Gasteiger partial charge in [0.2, 0.25) is 0 Å². The van der Waals surface area contributed by atoms with E-state index in [1.165, 1.54) is 49.7 Å². The molecule has 3 fully saturated rings. The lowest BCUT2D eigenvalue weighted by atomic mass is 9.67. The van der Waals surface area contributed by atoms with Crippen LogP contribution in [0.25, 0.3) is 22.1 Å². The predicted molar refractivity (Wildman–Crippen MR) is 212 cm³/mol. The van der Waals surface area contributed by atoms with E-state index >= 15 is 0 Å². The molecular formula is C45H50N6O3.